The summed E-state index contributed by atoms with van der Waals surface area (Å²) in [5, 5.41) is 0.564. The molecule has 0 amide bonds. The molecule has 0 radical (unpaired) electrons. The van der Waals surface area contributed by atoms with Crippen molar-refractivity contribution in [1.82, 2.24) is 0 Å². The fraction of sp³-hybridized carbons (Fsp3) is 0.400. The Balaban J connectivity index is 2.44. The van der Waals surface area contributed by atoms with Gasteiger partial charge in [0.2, 0.25) is 0 Å². The standard InChI is InChI=1S/C20H26ClNO3/c1-5-17(23-3)15-7-6-14(10-11-22)19(12-15)25-18-9-8-16(21)20(24-4)13(18)2/h6-9,12,17H,5,10-11,22H2,1-4H3. The molecule has 2 aromatic carbocycles. The van der Waals surface area contributed by atoms with Gasteiger partial charge in [-0.3, -0.25) is 0 Å². The van der Waals surface area contributed by atoms with Gasteiger partial charge in [-0.25, -0.2) is 0 Å². The third-order valence-electron chi connectivity index (χ3n) is 4.26. The van der Waals surface area contributed by atoms with E-state index in [1.165, 1.54) is 0 Å². The third kappa shape index (κ3) is 4.46. The van der Waals surface area contributed by atoms with Crippen LogP contribution in [0.15, 0.2) is 30.3 Å². The number of rotatable bonds is 8. The minimum atomic E-state index is 0.0372. The fourth-order valence-electron chi connectivity index (χ4n) is 2.89. The molecule has 1 unspecified atom stereocenters. The van der Waals surface area contributed by atoms with Gasteiger partial charge >= 0.3 is 0 Å². The van der Waals surface area contributed by atoms with Gasteiger partial charge in [-0.05, 0) is 55.6 Å². The summed E-state index contributed by atoms with van der Waals surface area (Å²) in [5.41, 5.74) is 8.75. The van der Waals surface area contributed by atoms with E-state index in [1.807, 2.05) is 19.1 Å². The maximum Gasteiger partial charge on any atom is 0.144 e. The van der Waals surface area contributed by atoms with Crippen LogP contribution in [0.5, 0.6) is 17.2 Å². The van der Waals surface area contributed by atoms with E-state index in [-0.39, 0.29) is 6.10 Å². The van der Waals surface area contributed by atoms with Crippen molar-refractivity contribution in [3.8, 4) is 17.2 Å². The molecule has 25 heavy (non-hydrogen) atoms. The van der Waals surface area contributed by atoms with Crippen molar-refractivity contribution in [2.45, 2.75) is 32.8 Å². The van der Waals surface area contributed by atoms with E-state index in [0.717, 1.165) is 35.3 Å². The summed E-state index contributed by atoms with van der Waals surface area (Å²) in [5.74, 6) is 2.12. The van der Waals surface area contributed by atoms with E-state index in [2.05, 4.69) is 19.1 Å². The number of hydrogen-bond acceptors (Lipinski definition) is 4. The molecule has 2 rings (SSSR count). The summed E-state index contributed by atoms with van der Waals surface area (Å²) in [6.07, 6.45) is 1.67. The van der Waals surface area contributed by atoms with E-state index in [4.69, 9.17) is 31.5 Å². The lowest BCUT2D eigenvalue weighted by Crippen LogP contribution is -2.06. The number of hydrogen-bond donors (Lipinski definition) is 1. The van der Waals surface area contributed by atoms with Gasteiger partial charge in [-0.15, -0.1) is 0 Å². The molecular weight excluding hydrogens is 338 g/mol. The van der Waals surface area contributed by atoms with Crippen LogP contribution in [0.2, 0.25) is 5.02 Å². The van der Waals surface area contributed by atoms with Gasteiger partial charge in [-0.1, -0.05) is 30.7 Å². The van der Waals surface area contributed by atoms with Crippen molar-refractivity contribution >= 4 is 11.6 Å². The van der Waals surface area contributed by atoms with Crippen molar-refractivity contribution in [3.05, 3.63) is 52.0 Å². The highest BCUT2D eigenvalue weighted by atomic mass is 35.5. The zero-order chi connectivity index (χ0) is 18.4. The Labute approximate surface area is 154 Å². The Bertz CT molecular complexity index is 714. The predicted molar refractivity (Wildman–Crippen MR) is 102 cm³/mol. The lowest BCUT2D eigenvalue weighted by molar-refractivity contribution is 0.0998. The van der Waals surface area contributed by atoms with Crippen LogP contribution < -0.4 is 15.2 Å². The third-order valence-corrected chi connectivity index (χ3v) is 4.56. The van der Waals surface area contributed by atoms with E-state index in [9.17, 15) is 0 Å². The second-order valence-electron chi connectivity index (χ2n) is 5.84. The van der Waals surface area contributed by atoms with Crippen LogP contribution in [0.4, 0.5) is 0 Å². The Morgan fingerprint density at radius 2 is 1.88 bits per heavy atom. The first kappa shape index (κ1) is 19.6. The summed E-state index contributed by atoms with van der Waals surface area (Å²) in [6, 6.07) is 9.79. The Hall–Kier alpha value is -1.75. The maximum atomic E-state index is 6.22. The summed E-state index contributed by atoms with van der Waals surface area (Å²) in [7, 11) is 3.32. The molecule has 5 heteroatoms. The van der Waals surface area contributed by atoms with Gasteiger partial charge < -0.3 is 19.9 Å². The van der Waals surface area contributed by atoms with Crippen LogP contribution in [0.3, 0.4) is 0 Å². The molecule has 0 aromatic heterocycles. The number of halogens is 1. The summed E-state index contributed by atoms with van der Waals surface area (Å²) >= 11 is 6.18. The van der Waals surface area contributed by atoms with E-state index < -0.39 is 0 Å². The summed E-state index contributed by atoms with van der Waals surface area (Å²) < 4.78 is 17.1. The SMILES string of the molecule is CCC(OC)c1ccc(CCN)c(Oc2ccc(Cl)c(OC)c2C)c1. The highest BCUT2D eigenvalue weighted by Gasteiger charge is 2.15. The van der Waals surface area contributed by atoms with Crippen LogP contribution in [0.1, 0.15) is 36.1 Å². The zero-order valence-electron chi connectivity index (χ0n) is 15.3. The first-order valence-electron chi connectivity index (χ1n) is 8.42. The van der Waals surface area contributed by atoms with E-state index >= 15 is 0 Å². The summed E-state index contributed by atoms with van der Waals surface area (Å²) in [4.78, 5) is 0. The molecule has 0 aliphatic carbocycles. The normalized spacial score (nSPS) is 12.1. The van der Waals surface area contributed by atoms with Gasteiger partial charge in [0, 0.05) is 12.7 Å². The van der Waals surface area contributed by atoms with Gasteiger partial charge in [0.25, 0.3) is 0 Å². The molecule has 0 saturated carbocycles. The van der Waals surface area contributed by atoms with Crippen LogP contribution >= 0.6 is 11.6 Å². The van der Waals surface area contributed by atoms with E-state index in [0.29, 0.717) is 23.1 Å². The highest BCUT2D eigenvalue weighted by Crippen LogP contribution is 2.38. The highest BCUT2D eigenvalue weighted by molar-refractivity contribution is 6.32. The second-order valence-corrected chi connectivity index (χ2v) is 6.25. The molecule has 2 N–H and O–H groups in total. The first-order valence-corrected chi connectivity index (χ1v) is 8.80. The molecule has 1 atom stereocenters. The van der Waals surface area contributed by atoms with Crippen LogP contribution in [-0.4, -0.2) is 20.8 Å². The average Bonchev–Trinajstić information content (AvgIpc) is 2.61. The fourth-order valence-corrected chi connectivity index (χ4v) is 3.17. The van der Waals surface area contributed by atoms with Crippen molar-refractivity contribution in [3.63, 3.8) is 0 Å². The molecule has 0 aliphatic heterocycles. The number of nitrogens with two attached hydrogens (primary N) is 1. The molecule has 0 aliphatic rings. The maximum absolute atomic E-state index is 6.22. The molecule has 0 fully saturated rings. The Morgan fingerprint density at radius 1 is 1.12 bits per heavy atom. The average molecular weight is 364 g/mol. The largest absolute Gasteiger partial charge is 0.495 e. The van der Waals surface area contributed by atoms with Gasteiger partial charge in [-0.2, -0.15) is 0 Å². The lowest BCUT2D eigenvalue weighted by atomic mass is 10.0. The van der Waals surface area contributed by atoms with Crippen LogP contribution in [0, 0.1) is 6.92 Å². The van der Waals surface area contributed by atoms with Crippen molar-refractivity contribution < 1.29 is 14.2 Å². The van der Waals surface area contributed by atoms with Crippen molar-refractivity contribution in [1.29, 1.82) is 0 Å². The quantitative estimate of drug-likeness (QED) is 0.713. The monoisotopic (exact) mass is 363 g/mol. The lowest BCUT2D eigenvalue weighted by Gasteiger charge is -2.19. The Morgan fingerprint density at radius 3 is 2.48 bits per heavy atom. The molecule has 136 valence electrons. The smallest absolute Gasteiger partial charge is 0.144 e. The second kappa shape index (κ2) is 9.09. The number of benzene rings is 2. The van der Waals surface area contributed by atoms with E-state index in [1.54, 1.807) is 20.3 Å². The molecule has 4 nitrogen and oxygen atoms in total. The van der Waals surface area contributed by atoms with Gasteiger partial charge in [0.1, 0.15) is 17.2 Å². The minimum absolute atomic E-state index is 0.0372. The summed E-state index contributed by atoms with van der Waals surface area (Å²) in [6.45, 7) is 4.58. The van der Waals surface area contributed by atoms with Gasteiger partial charge in [0.05, 0.1) is 18.2 Å². The molecule has 0 saturated heterocycles. The first-order chi connectivity index (χ1) is 12.0. The molecule has 0 spiro atoms. The molecule has 2 aromatic rings. The van der Waals surface area contributed by atoms with Crippen molar-refractivity contribution in [2.24, 2.45) is 5.73 Å². The van der Waals surface area contributed by atoms with Crippen LogP contribution in [0.25, 0.3) is 0 Å². The molecule has 0 heterocycles. The predicted octanol–water partition coefficient (Wildman–Crippen LogP) is 5.05. The topological polar surface area (TPSA) is 53.7 Å². The molecule has 0 bridgehead atoms. The molecular formula is C20H26ClNO3. The van der Waals surface area contributed by atoms with Crippen LogP contribution in [-0.2, 0) is 11.2 Å². The van der Waals surface area contributed by atoms with Gasteiger partial charge in [0.15, 0.2) is 0 Å². The van der Waals surface area contributed by atoms with Crippen molar-refractivity contribution in [2.75, 3.05) is 20.8 Å². The number of ether oxygens (including phenoxy) is 3. The zero-order valence-corrected chi connectivity index (χ0v) is 16.0. The Kier molecular flexibility index (Phi) is 7.12. The minimum Gasteiger partial charge on any atom is -0.495 e. The number of methoxy groups -OCH3 is 2.